The molecule has 1 aromatic carbocycles. The maximum absolute atomic E-state index is 12.5. The highest BCUT2D eigenvalue weighted by atomic mass is 79.9. The van der Waals surface area contributed by atoms with Gasteiger partial charge in [0.1, 0.15) is 11.4 Å². The van der Waals surface area contributed by atoms with E-state index in [4.69, 9.17) is 0 Å². The summed E-state index contributed by atoms with van der Waals surface area (Å²) in [5.41, 5.74) is 1.78. The summed E-state index contributed by atoms with van der Waals surface area (Å²) in [6, 6.07) is 8.37. The van der Waals surface area contributed by atoms with Gasteiger partial charge in [-0.25, -0.2) is 0 Å². The van der Waals surface area contributed by atoms with E-state index >= 15 is 0 Å². The molecule has 3 nitrogen and oxygen atoms in total. The van der Waals surface area contributed by atoms with Gasteiger partial charge in [0.05, 0.1) is 6.54 Å². The van der Waals surface area contributed by atoms with Crippen molar-refractivity contribution in [3.05, 3.63) is 35.4 Å². The van der Waals surface area contributed by atoms with Crippen LogP contribution >= 0.6 is 15.9 Å². The van der Waals surface area contributed by atoms with Crippen molar-refractivity contribution in [1.82, 2.24) is 4.90 Å². The fourth-order valence-electron chi connectivity index (χ4n) is 2.48. The molecule has 0 saturated heterocycles. The molecule has 0 atom stereocenters. The molecule has 0 unspecified atom stereocenters. The van der Waals surface area contributed by atoms with Gasteiger partial charge >= 0.3 is 0 Å². The summed E-state index contributed by atoms with van der Waals surface area (Å²) >= 11 is 3.45. The first-order chi connectivity index (χ1) is 13.0. The van der Waals surface area contributed by atoms with E-state index in [-0.39, 0.29) is 5.91 Å². The lowest BCUT2D eigenvalue weighted by molar-refractivity contribution is -0.130. The number of amides is 1. The standard InChI is InChI=1S/C17H23BrN2O.3C2H6/c1-4-5-6-15-19-17(2,3)16(21)20(15)12-14-9-7-13(11-18)8-10-14;3*1-2/h7-10H,4-6,11-12H2,1-3H3;3*1-2H3. The number of carbonyl (C=O) groups excluding carboxylic acids is 1. The Kier molecular flexibility index (Phi) is 16.5. The van der Waals surface area contributed by atoms with Crippen molar-refractivity contribution in [2.45, 2.75) is 99.0 Å². The molecule has 1 amide bonds. The summed E-state index contributed by atoms with van der Waals surface area (Å²) in [6.45, 7) is 18.6. The van der Waals surface area contributed by atoms with Crippen LogP contribution in [0.5, 0.6) is 0 Å². The van der Waals surface area contributed by atoms with Gasteiger partial charge in [-0.2, -0.15) is 0 Å². The normalized spacial score (nSPS) is 14.1. The minimum Gasteiger partial charge on any atom is -0.294 e. The summed E-state index contributed by atoms with van der Waals surface area (Å²) in [4.78, 5) is 19.0. The van der Waals surface area contributed by atoms with Crippen LogP contribution in [-0.4, -0.2) is 22.2 Å². The van der Waals surface area contributed by atoms with Crippen molar-refractivity contribution in [2.75, 3.05) is 0 Å². The van der Waals surface area contributed by atoms with E-state index in [2.05, 4.69) is 52.1 Å². The zero-order valence-electron chi connectivity index (χ0n) is 19.0. The van der Waals surface area contributed by atoms with Gasteiger partial charge in [0.25, 0.3) is 5.91 Å². The van der Waals surface area contributed by atoms with Crippen LogP contribution < -0.4 is 0 Å². The molecule has 4 heteroatoms. The summed E-state index contributed by atoms with van der Waals surface area (Å²) in [5, 5.41) is 0.853. The first-order valence-electron chi connectivity index (χ1n) is 10.5. The predicted octanol–water partition coefficient (Wildman–Crippen LogP) is 7.37. The van der Waals surface area contributed by atoms with Crippen LogP contribution in [0.4, 0.5) is 0 Å². The van der Waals surface area contributed by atoms with Gasteiger partial charge in [-0.1, -0.05) is 95.1 Å². The van der Waals surface area contributed by atoms with Crippen LogP contribution in [0, 0.1) is 0 Å². The number of carbonyl (C=O) groups is 1. The van der Waals surface area contributed by atoms with Gasteiger partial charge < -0.3 is 0 Å². The molecular weight excluding hydrogens is 400 g/mol. The molecule has 0 bridgehead atoms. The molecule has 27 heavy (non-hydrogen) atoms. The summed E-state index contributed by atoms with van der Waals surface area (Å²) < 4.78 is 0. The van der Waals surface area contributed by atoms with Crippen LogP contribution in [0.2, 0.25) is 0 Å². The van der Waals surface area contributed by atoms with E-state index in [9.17, 15) is 4.79 Å². The van der Waals surface area contributed by atoms with E-state index in [0.717, 1.165) is 36.0 Å². The molecule has 1 aromatic rings. The smallest absolute Gasteiger partial charge is 0.255 e. The van der Waals surface area contributed by atoms with Gasteiger partial charge in [-0.3, -0.25) is 14.7 Å². The Balaban J connectivity index is 0. The molecule has 2 rings (SSSR count). The SMILES string of the molecule is CC.CC.CC.CCCCC1=NC(C)(C)C(=O)N1Cc1ccc(CBr)cc1. The minimum atomic E-state index is -0.612. The lowest BCUT2D eigenvalue weighted by Gasteiger charge is -2.21. The Morgan fingerprint density at radius 1 is 0.963 bits per heavy atom. The number of hydrogen-bond acceptors (Lipinski definition) is 2. The number of unbranched alkanes of at least 4 members (excludes halogenated alkanes) is 1. The highest BCUT2D eigenvalue weighted by Crippen LogP contribution is 2.26. The van der Waals surface area contributed by atoms with E-state index in [1.54, 1.807) is 0 Å². The van der Waals surface area contributed by atoms with Crippen LogP contribution in [0.15, 0.2) is 29.3 Å². The number of nitrogens with zero attached hydrogens (tertiary/aromatic N) is 2. The Bertz CT molecular complexity index is 536. The first-order valence-corrected chi connectivity index (χ1v) is 11.6. The van der Waals surface area contributed by atoms with E-state index in [1.165, 1.54) is 5.56 Å². The van der Waals surface area contributed by atoms with E-state index in [1.807, 2.05) is 60.3 Å². The third-order valence-corrected chi connectivity index (χ3v) is 4.41. The van der Waals surface area contributed by atoms with Gasteiger partial charge in [-0.15, -0.1) is 0 Å². The highest BCUT2D eigenvalue weighted by molar-refractivity contribution is 9.08. The second-order valence-electron chi connectivity index (χ2n) is 6.03. The molecule has 0 fully saturated rings. The minimum absolute atomic E-state index is 0.109. The molecule has 0 aliphatic carbocycles. The summed E-state index contributed by atoms with van der Waals surface area (Å²) in [5.74, 6) is 1.05. The third kappa shape index (κ3) is 9.05. The maximum Gasteiger partial charge on any atom is 0.255 e. The first kappa shape index (κ1) is 28.1. The Labute approximate surface area is 176 Å². The largest absolute Gasteiger partial charge is 0.294 e. The molecule has 0 saturated carbocycles. The molecule has 0 spiro atoms. The molecular formula is C23H41BrN2O. The molecule has 0 N–H and O–H groups in total. The molecule has 1 heterocycles. The fourth-order valence-corrected chi connectivity index (χ4v) is 2.86. The molecule has 0 aromatic heterocycles. The number of benzene rings is 1. The number of rotatable bonds is 6. The van der Waals surface area contributed by atoms with Crippen molar-refractivity contribution in [3.8, 4) is 0 Å². The van der Waals surface area contributed by atoms with Crippen molar-refractivity contribution in [3.63, 3.8) is 0 Å². The van der Waals surface area contributed by atoms with Gasteiger partial charge in [0, 0.05) is 11.8 Å². The van der Waals surface area contributed by atoms with Gasteiger partial charge in [0.15, 0.2) is 0 Å². The molecule has 0 radical (unpaired) electrons. The van der Waals surface area contributed by atoms with Crippen LogP contribution in [0.3, 0.4) is 0 Å². The van der Waals surface area contributed by atoms with Crippen molar-refractivity contribution < 1.29 is 4.79 Å². The third-order valence-electron chi connectivity index (χ3n) is 3.76. The summed E-state index contributed by atoms with van der Waals surface area (Å²) in [6.07, 6.45) is 3.06. The van der Waals surface area contributed by atoms with Crippen LogP contribution in [0.1, 0.15) is 92.7 Å². The van der Waals surface area contributed by atoms with Crippen LogP contribution in [-0.2, 0) is 16.7 Å². The van der Waals surface area contributed by atoms with E-state index in [0.29, 0.717) is 6.54 Å². The molecule has 156 valence electrons. The summed E-state index contributed by atoms with van der Waals surface area (Å²) in [7, 11) is 0. The number of amidine groups is 1. The predicted molar refractivity (Wildman–Crippen MR) is 125 cm³/mol. The van der Waals surface area contributed by atoms with Crippen molar-refractivity contribution in [1.29, 1.82) is 0 Å². The maximum atomic E-state index is 12.5. The van der Waals surface area contributed by atoms with Gasteiger partial charge in [0.2, 0.25) is 0 Å². The van der Waals surface area contributed by atoms with Crippen LogP contribution in [0.25, 0.3) is 0 Å². The molecule has 1 aliphatic heterocycles. The molecule has 1 aliphatic rings. The number of hydrogen-bond donors (Lipinski definition) is 0. The quantitative estimate of drug-likeness (QED) is 0.424. The number of alkyl halides is 1. The van der Waals surface area contributed by atoms with Crippen molar-refractivity contribution in [2.24, 2.45) is 4.99 Å². The van der Waals surface area contributed by atoms with Crippen molar-refractivity contribution >= 4 is 27.7 Å². The lowest BCUT2D eigenvalue weighted by atomic mass is 10.1. The second kappa shape index (κ2) is 15.9. The van der Waals surface area contributed by atoms with E-state index < -0.39 is 5.54 Å². The topological polar surface area (TPSA) is 32.7 Å². The number of halogens is 1. The Morgan fingerprint density at radius 2 is 1.44 bits per heavy atom. The average Bonchev–Trinajstić information content (AvgIpc) is 2.94. The number of aliphatic imine (C=N–C) groups is 1. The lowest BCUT2D eigenvalue weighted by Crippen LogP contribution is -2.38. The monoisotopic (exact) mass is 440 g/mol. The Morgan fingerprint density at radius 3 is 1.89 bits per heavy atom. The van der Waals surface area contributed by atoms with Gasteiger partial charge in [-0.05, 0) is 31.4 Å². The highest BCUT2D eigenvalue weighted by Gasteiger charge is 2.40. The zero-order chi connectivity index (χ0) is 21.5. The fraction of sp³-hybridized carbons (Fsp3) is 0.652. The Hall–Kier alpha value is -1.16. The zero-order valence-corrected chi connectivity index (χ0v) is 20.6. The second-order valence-corrected chi connectivity index (χ2v) is 6.59. The average molecular weight is 441 g/mol.